The first-order valence-electron chi connectivity index (χ1n) is 11.9. The lowest BCUT2D eigenvalue weighted by atomic mass is 9.82. The Balaban J connectivity index is 1.99. The van der Waals surface area contributed by atoms with Crippen molar-refractivity contribution in [2.75, 3.05) is 18.8 Å². The van der Waals surface area contributed by atoms with Crippen LogP contribution in [0.1, 0.15) is 51.9 Å². The smallest absolute Gasteiger partial charge is 0.305 e. The van der Waals surface area contributed by atoms with Crippen molar-refractivity contribution in [1.29, 1.82) is 0 Å². The maximum Gasteiger partial charge on any atom is 0.305 e. The molecule has 0 bridgehead atoms. The van der Waals surface area contributed by atoms with Gasteiger partial charge in [-0.3, -0.25) is 9.59 Å². The number of rotatable bonds is 10. The highest BCUT2D eigenvalue weighted by Crippen LogP contribution is 2.32. The first kappa shape index (κ1) is 29.1. The second-order valence-electron chi connectivity index (χ2n) is 9.10. The number of carboxylic acids is 1. The Labute approximate surface area is 222 Å². The number of aliphatic carboxylic acids is 1. The number of hydrogen-bond donors (Lipinski definition) is 2. The maximum absolute atomic E-state index is 13.6. The minimum Gasteiger partial charge on any atom is -0.481 e. The molecular formula is C22H31Cl2N3O7S2. The summed E-state index contributed by atoms with van der Waals surface area (Å²) in [7, 11) is -8.33. The van der Waals surface area contributed by atoms with Crippen LogP contribution in [0.15, 0.2) is 23.1 Å². The lowest BCUT2D eigenvalue weighted by molar-refractivity contribution is -0.138. The van der Waals surface area contributed by atoms with Crippen molar-refractivity contribution in [2.45, 2.75) is 69.0 Å². The minimum atomic E-state index is -4.36. The Kier molecular flexibility index (Phi) is 9.67. The molecule has 3 rings (SSSR count). The number of carbonyl (C=O) groups is 2. The Morgan fingerprint density at radius 3 is 2.28 bits per heavy atom. The van der Waals surface area contributed by atoms with Crippen LogP contribution >= 0.6 is 23.2 Å². The summed E-state index contributed by atoms with van der Waals surface area (Å²) in [5.74, 6) is -2.33. The SMILES string of the molecule is CCCS(=O)(=O)N1CCN(S(=O)(=O)c2ccc(Cl)c(Cl)c2)C1C(=O)NC(CC(=O)O)C1CCCCC1. The first-order chi connectivity index (χ1) is 16.9. The molecule has 2 atom stereocenters. The summed E-state index contributed by atoms with van der Waals surface area (Å²) in [6.07, 6.45) is 2.51. The molecule has 1 aromatic carbocycles. The van der Waals surface area contributed by atoms with E-state index in [1.807, 2.05) is 0 Å². The van der Waals surface area contributed by atoms with E-state index >= 15 is 0 Å². The number of nitrogens with one attached hydrogen (secondary N) is 1. The number of halogens is 2. The molecule has 36 heavy (non-hydrogen) atoms. The van der Waals surface area contributed by atoms with Crippen LogP contribution in [0.3, 0.4) is 0 Å². The van der Waals surface area contributed by atoms with E-state index in [2.05, 4.69) is 5.32 Å². The zero-order valence-electron chi connectivity index (χ0n) is 19.9. The topological polar surface area (TPSA) is 141 Å². The molecule has 2 fully saturated rings. The summed E-state index contributed by atoms with van der Waals surface area (Å²) in [6, 6.07) is 2.93. The minimum absolute atomic E-state index is 0.00720. The van der Waals surface area contributed by atoms with Crippen molar-refractivity contribution in [1.82, 2.24) is 13.9 Å². The summed E-state index contributed by atoms with van der Waals surface area (Å²) < 4.78 is 54.8. The molecule has 14 heteroatoms. The highest BCUT2D eigenvalue weighted by Gasteiger charge is 2.49. The van der Waals surface area contributed by atoms with Gasteiger partial charge in [0.15, 0.2) is 6.17 Å². The van der Waals surface area contributed by atoms with Crippen molar-refractivity contribution in [2.24, 2.45) is 5.92 Å². The van der Waals surface area contributed by atoms with E-state index in [-0.39, 0.29) is 52.5 Å². The van der Waals surface area contributed by atoms with Crippen molar-refractivity contribution in [3.05, 3.63) is 28.2 Å². The second-order valence-corrected chi connectivity index (χ2v) is 13.8. The van der Waals surface area contributed by atoms with Gasteiger partial charge in [0, 0.05) is 19.1 Å². The number of carbonyl (C=O) groups excluding carboxylic acids is 1. The zero-order chi connectivity index (χ0) is 26.7. The monoisotopic (exact) mass is 583 g/mol. The molecule has 1 saturated heterocycles. The Hall–Kier alpha value is -1.44. The van der Waals surface area contributed by atoms with Gasteiger partial charge in [-0.15, -0.1) is 0 Å². The molecule has 10 nitrogen and oxygen atoms in total. The quantitative estimate of drug-likeness (QED) is 0.431. The van der Waals surface area contributed by atoms with Gasteiger partial charge in [0.1, 0.15) is 0 Å². The van der Waals surface area contributed by atoms with Gasteiger partial charge in [0.2, 0.25) is 20.0 Å². The van der Waals surface area contributed by atoms with Crippen LogP contribution in [0.2, 0.25) is 10.0 Å². The van der Waals surface area contributed by atoms with E-state index in [0.717, 1.165) is 46.8 Å². The summed E-state index contributed by atoms with van der Waals surface area (Å²) in [5.41, 5.74) is 0. The lowest BCUT2D eigenvalue weighted by Gasteiger charge is -2.33. The third kappa shape index (κ3) is 6.51. The molecule has 2 N–H and O–H groups in total. The summed E-state index contributed by atoms with van der Waals surface area (Å²) in [6.45, 7) is 1.20. The Morgan fingerprint density at radius 2 is 1.69 bits per heavy atom. The van der Waals surface area contributed by atoms with Gasteiger partial charge < -0.3 is 10.4 Å². The Bertz CT molecular complexity index is 1190. The zero-order valence-corrected chi connectivity index (χ0v) is 23.0. The normalized spacial score (nSPS) is 21.4. The second kappa shape index (κ2) is 12.0. The third-order valence-corrected chi connectivity index (χ3v) is 11.2. The van der Waals surface area contributed by atoms with E-state index in [1.54, 1.807) is 6.92 Å². The van der Waals surface area contributed by atoms with E-state index in [0.29, 0.717) is 0 Å². The molecule has 2 unspecified atom stereocenters. The van der Waals surface area contributed by atoms with E-state index in [1.165, 1.54) is 12.1 Å². The van der Waals surface area contributed by atoms with E-state index in [9.17, 15) is 31.5 Å². The predicted molar refractivity (Wildman–Crippen MR) is 136 cm³/mol. The van der Waals surface area contributed by atoms with E-state index in [4.69, 9.17) is 23.2 Å². The Morgan fingerprint density at radius 1 is 1.06 bits per heavy atom. The van der Waals surface area contributed by atoms with Crippen molar-refractivity contribution in [3.8, 4) is 0 Å². The van der Waals surface area contributed by atoms with Gasteiger partial charge in [-0.25, -0.2) is 16.8 Å². The fraction of sp³-hybridized carbons (Fsp3) is 0.636. The van der Waals surface area contributed by atoms with Gasteiger partial charge in [0.05, 0.1) is 27.1 Å². The standard InChI is InChI=1S/C22H31Cl2N3O7S2/c1-2-12-35(31,32)26-10-11-27(36(33,34)16-8-9-17(23)18(24)13-16)22(26)21(30)25-19(14-20(28)29)15-6-4-3-5-7-15/h8-9,13,15,19,22H,2-7,10-12,14H2,1H3,(H,25,30)(H,28,29). The number of nitrogens with zero attached hydrogens (tertiary/aromatic N) is 2. The van der Waals surface area contributed by atoms with Crippen LogP contribution in [0, 0.1) is 5.92 Å². The average Bonchev–Trinajstić information content (AvgIpc) is 3.28. The first-order valence-corrected chi connectivity index (χ1v) is 15.7. The molecule has 1 aromatic rings. The molecule has 1 amide bonds. The van der Waals surface area contributed by atoms with Crippen LogP contribution in [-0.2, 0) is 29.6 Å². The van der Waals surface area contributed by atoms with Crippen LogP contribution in [0.4, 0.5) is 0 Å². The van der Waals surface area contributed by atoms with Gasteiger partial charge in [-0.1, -0.05) is 49.4 Å². The molecule has 0 aromatic heterocycles. The van der Waals surface area contributed by atoms with Gasteiger partial charge in [-0.2, -0.15) is 8.61 Å². The fourth-order valence-electron chi connectivity index (χ4n) is 4.86. The van der Waals surface area contributed by atoms with Crippen LogP contribution in [0.5, 0.6) is 0 Å². The molecule has 0 radical (unpaired) electrons. The highest BCUT2D eigenvalue weighted by atomic mass is 35.5. The summed E-state index contributed by atoms with van der Waals surface area (Å²) >= 11 is 11.9. The van der Waals surface area contributed by atoms with Gasteiger partial charge in [-0.05, 0) is 43.4 Å². The fourth-order valence-corrected chi connectivity index (χ4v) is 8.47. The van der Waals surface area contributed by atoms with Crippen LogP contribution in [-0.4, -0.2) is 73.5 Å². The number of benzene rings is 1. The van der Waals surface area contributed by atoms with Crippen molar-refractivity contribution >= 4 is 55.1 Å². The molecular weight excluding hydrogens is 553 g/mol. The highest BCUT2D eigenvalue weighted by molar-refractivity contribution is 7.90. The number of hydrogen-bond acceptors (Lipinski definition) is 6. The molecule has 1 aliphatic heterocycles. The lowest BCUT2D eigenvalue weighted by Crippen LogP contribution is -2.57. The van der Waals surface area contributed by atoms with Crippen molar-refractivity contribution < 1.29 is 31.5 Å². The molecule has 2 aliphatic rings. The largest absolute Gasteiger partial charge is 0.481 e. The third-order valence-electron chi connectivity index (χ3n) is 6.58. The maximum atomic E-state index is 13.6. The molecule has 1 aliphatic carbocycles. The molecule has 1 saturated carbocycles. The predicted octanol–water partition coefficient (Wildman–Crippen LogP) is 2.91. The number of amides is 1. The van der Waals surface area contributed by atoms with Crippen molar-refractivity contribution in [3.63, 3.8) is 0 Å². The summed E-state index contributed by atoms with van der Waals surface area (Å²) in [4.78, 5) is 24.9. The van der Waals surface area contributed by atoms with Gasteiger partial charge >= 0.3 is 5.97 Å². The number of carboxylic acid groups (broad SMARTS) is 1. The molecule has 202 valence electrons. The molecule has 0 spiro atoms. The van der Waals surface area contributed by atoms with E-state index < -0.39 is 44.1 Å². The number of sulfonamides is 2. The van der Waals surface area contributed by atoms with Gasteiger partial charge in [0.25, 0.3) is 5.91 Å². The summed E-state index contributed by atoms with van der Waals surface area (Å²) in [5, 5.41) is 12.3. The average molecular weight is 585 g/mol. The molecule has 1 heterocycles. The van der Waals surface area contributed by atoms with Crippen LogP contribution < -0.4 is 5.32 Å². The van der Waals surface area contributed by atoms with Crippen LogP contribution in [0.25, 0.3) is 0 Å².